The van der Waals surface area contributed by atoms with E-state index in [-0.39, 0.29) is 24.4 Å². The monoisotopic (exact) mass is 339 g/mol. The number of rotatable bonds is 3. The van der Waals surface area contributed by atoms with Gasteiger partial charge in [-0.1, -0.05) is 19.1 Å². The third-order valence-electron chi connectivity index (χ3n) is 4.36. The number of nitrogens with zero attached hydrogens (tertiary/aromatic N) is 2. The van der Waals surface area contributed by atoms with Crippen molar-refractivity contribution in [2.24, 2.45) is 5.73 Å². The Bertz CT molecular complexity index is 608. The van der Waals surface area contributed by atoms with E-state index in [4.69, 9.17) is 10.5 Å². The average Bonchev–Trinajstić information content (AvgIpc) is 2.98. The van der Waals surface area contributed by atoms with E-state index in [0.29, 0.717) is 32.7 Å². The number of amides is 2. The first-order valence-electron chi connectivity index (χ1n) is 7.71. The van der Waals surface area contributed by atoms with Crippen LogP contribution in [0.1, 0.15) is 24.5 Å². The van der Waals surface area contributed by atoms with Crippen LogP contribution in [0.15, 0.2) is 18.2 Å². The van der Waals surface area contributed by atoms with Crippen LogP contribution in [0.5, 0.6) is 0 Å². The van der Waals surface area contributed by atoms with Gasteiger partial charge in [0.25, 0.3) is 0 Å². The van der Waals surface area contributed by atoms with Gasteiger partial charge in [-0.25, -0.2) is 4.79 Å². The number of anilines is 1. The Hall–Kier alpha value is -1.79. The van der Waals surface area contributed by atoms with E-state index in [1.54, 1.807) is 4.90 Å². The minimum Gasteiger partial charge on any atom is -0.447 e. The largest absolute Gasteiger partial charge is 0.447 e. The molecule has 1 aromatic rings. The number of halogens is 1. The smallest absolute Gasteiger partial charge is 0.414 e. The molecule has 1 saturated heterocycles. The Labute approximate surface area is 142 Å². The lowest BCUT2D eigenvalue weighted by Gasteiger charge is -2.32. The Kier molecular flexibility index (Phi) is 5.49. The molecule has 1 aromatic carbocycles. The molecule has 3 rings (SSSR count). The lowest BCUT2D eigenvalue weighted by molar-refractivity contribution is -0.133. The van der Waals surface area contributed by atoms with E-state index in [2.05, 4.69) is 0 Å². The van der Waals surface area contributed by atoms with Gasteiger partial charge in [0.15, 0.2) is 0 Å². The fourth-order valence-corrected chi connectivity index (χ4v) is 3.05. The molecule has 126 valence electrons. The van der Waals surface area contributed by atoms with Crippen molar-refractivity contribution >= 4 is 30.1 Å². The van der Waals surface area contributed by atoms with Crippen molar-refractivity contribution in [1.29, 1.82) is 0 Å². The minimum atomic E-state index is -0.432. The summed E-state index contributed by atoms with van der Waals surface area (Å²) in [5, 5.41) is 0. The molecular formula is C16H22ClN3O3. The summed E-state index contributed by atoms with van der Waals surface area (Å²) >= 11 is 0. The molecule has 6 nitrogen and oxygen atoms in total. The molecule has 0 radical (unpaired) electrons. The molecule has 0 spiro atoms. The molecule has 2 N–H and O–H groups in total. The maximum atomic E-state index is 12.2. The standard InChI is InChI=1S/C16H21N3O3.ClH/c1-2-13(17)15(20)18-7-6-12-11(10-18)4-3-5-14(12)19-8-9-22-16(19)21;/h3-5,13H,2,6-10,17H2,1H3;1H/t13-;/m0./s1. The van der Waals surface area contributed by atoms with Crippen LogP contribution in [0.4, 0.5) is 10.5 Å². The number of nitrogens with two attached hydrogens (primary N) is 1. The molecular weight excluding hydrogens is 318 g/mol. The summed E-state index contributed by atoms with van der Waals surface area (Å²) in [5.41, 5.74) is 8.98. The highest BCUT2D eigenvalue weighted by atomic mass is 35.5. The van der Waals surface area contributed by atoms with E-state index in [1.807, 2.05) is 30.0 Å². The summed E-state index contributed by atoms with van der Waals surface area (Å²) in [7, 11) is 0. The highest BCUT2D eigenvalue weighted by Crippen LogP contribution is 2.30. The lowest BCUT2D eigenvalue weighted by atomic mass is 9.96. The maximum absolute atomic E-state index is 12.2. The van der Waals surface area contributed by atoms with Crippen molar-refractivity contribution in [2.75, 3.05) is 24.6 Å². The van der Waals surface area contributed by atoms with Crippen LogP contribution in [0.25, 0.3) is 0 Å². The van der Waals surface area contributed by atoms with Gasteiger partial charge in [-0.05, 0) is 30.0 Å². The number of carbonyl (C=O) groups excluding carboxylic acids is 2. The predicted molar refractivity (Wildman–Crippen MR) is 89.8 cm³/mol. The molecule has 2 amide bonds. The molecule has 0 aromatic heterocycles. The second kappa shape index (κ2) is 7.19. The van der Waals surface area contributed by atoms with Crippen LogP contribution < -0.4 is 10.6 Å². The summed E-state index contributed by atoms with van der Waals surface area (Å²) in [4.78, 5) is 27.5. The first kappa shape index (κ1) is 17.6. The molecule has 1 atom stereocenters. The van der Waals surface area contributed by atoms with E-state index >= 15 is 0 Å². The van der Waals surface area contributed by atoms with Gasteiger partial charge in [0.2, 0.25) is 5.91 Å². The number of carbonyl (C=O) groups is 2. The summed E-state index contributed by atoms with van der Waals surface area (Å²) in [5.74, 6) is -0.000801. The van der Waals surface area contributed by atoms with Gasteiger partial charge in [-0.2, -0.15) is 0 Å². The molecule has 0 unspecified atom stereocenters. The number of cyclic esters (lactones) is 1. The van der Waals surface area contributed by atoms with E-state index in [1.165, 1.54) is 0 Å². The number of benzene rings is 1. The summed E-state index contributed by atoms with van der Waals surface area (Å²) in [6.07, 6.45) is 1.08. The van der Waals surface area contributed by atoms with Crippen LogP contribution in [0.2, 0.25) is 0 Å². The van der Waals surface area contributed by atoms with Gasteiger partial charge in [-0.3, -0.25) is 9.69 Å². The fourth-order valence-electron chi connectivity index (χ4n) is 3.05. The van der Waals surface area contributed by atoms with Gasteiger partial charge in [0.05, 0.1) is 18.3 Å². The van der Waals surface area contributed by atoms with Crippen LogP contribution in [0, 0.1) is 0 Å². The molecule has 0 bridgehead atoms. The van der Waals surface area contributed by atoms with E-state index in [0.717, 1.165) is 23.2 Å². The van der Waals surface area contributed by atoms with Gasteiger partial charge in [0.1, 0.15) is 6.61 Å². The Balaban J connectivity index is 0.00000192. The zero-order valence-electron chi connectivity index (χ0n) is 13.2. The normalized spacial score (nSPS) is 18.1. The number of fused-ring (bicyclic) bond motifs is 1. The Morgan fingerprint density at radius 2 is 2.17 bits per heavy atom. The maximum Gasteiger partial charge on any atom is 0.414 e. The highest BCUT2D eigenvalue weighted by molar-refractivity contribution is 5.90. The van der Waals surface area contributed by atoms with E-state index in [9.17, 15) is 9.59 Å². The SMILES string of the molecule is CC[C@H](N)C(=O)N1CCc2c(cccc2N2CCOC2=O)C1.Cl. The van der Waals surface area contributed by atoms with Gasteiger partial charge >= 0.3 is 6.09 Å². The van der Waals surface area contributed by atoms with Gasteiger partial charge in [0, 0.05) is 13.1 Å². The zero-order valence-corrected chi connectivity index (χ0v) is 14.0. The molecule has 7 heteroatoms. The molecule has 2 aliphatic heterocycles. The second-order valence-electron chi connectivity index (χ2n) is 5.71. The van der Waals surface area contributed by atoms with Crippen LogP contribution >= 0.6 is 12.4 Å². The lowest BCUT2D eigenvalue weighted by Crippen LogP contribution is -2.45. The number of ether oxygens (including phenoxy) is 1. The molecule has 0 aliphatic carbocycles. The molecule has 0 saturated carbocycles. The van der Waals surface area contributed by atoms with Crippen molar-refractivity contribution in [3.8, 4) is 0 Å². The summed E-state index contributed by atoms with van der Waals surface area (Å²) in [6.45, 7) is 4.12. The third-order valence-corrected chi connectivity index (χ3v) is 4.36. The second-order valence-corrected chi connectivity index (χ2v) is 5.71. The number of hydrogen-bond donors (Lipinski definition) is 1. The molecule has 23 heavy (non-hydrogen) atoms. The fraction of sp³-hybridized carbons (Fsp3) is 0.500. The highest BCUT2D eigenvalue weighted by Gasteiger charge is 2.30. The zero-order chi connectivity index (χ0) is 15.7. The first-order valence-corrected chi connectivity index (χ1v) is 7.71. The molecule has 2 aliphatic rings. The summed E-state index contributed by atoms with van der Waals surface area (Å²) in [6, 6.07) is 5.45. The quantitative estimate of drug-likeness (QED) is 0.909. The van der Waals surface area contributed by atoms with Gasteiger partial charge in [-0.15, -0.1) is 12.4 Å². The van der Waals surface area contributed by atoms with Crippen LogP contribution in [0.3, 0.4) is 0 Å². The van der Waals surface area contributed by atoms with Crippen LogP contribution in [-0.4, -0.2) is 42.6 Å². The molecule has 1 fully saturated rings. The van der Waals surface area contributed by atoms with E-state index < -0.39 is 6.04 Å². The third kappa shape index (κ3) is 3.28. The van der Waals surface area contributed by atoms with Crippen molar-refractivity contribution in [3.05, 3.63) is 29.3 Å². The van der Waals surface area contributed by atoms with Crippen molar-refractivity contribution in [2.45, 2.75) is 32.4 Å². The van der Waals surface area contributed by atoms with Crippen LogP contribution in [-0.2, 0) is 22.5 Å². The van der Waals surface area contributed by atoms with Crippen molar-refractivity contribution in [3.63, 3.8) is 0 Å². The van der Waals surface area contributed by atoms with Gasteiger partial charge < -0.3 is 15.4 Å². The summed E-state index contributed by atoms with van der Waals surface area (Å²) < 4.78 is 5.02. The number of hydrogen-bond acceptors (Lipinski definition) is 4. The topological polar surface area (TPSA) is 75.9 Å². The Morgan fingerprint density at radius 3 is 2.83 bits per heavy atom. The minimum absolute atomic E-state index is 0. The van der Waals surface area contributed by atoms with Crippen molar-refractivity contribution < 1.29 is 14.3 Å². The average molecular weight is 340 g/mol. The molecule has 2 heterocycles. The predicted octanol–water partition coefficient (Wildman–Crippen LogP) is 1.69. The first-order chi connectivity index (χ1) is 10.6. The Morgan fingerprint density at radius 1 is 1.39 bits per heavy atom. The van der Waals surface area contributed by atoms with Crippen molar-refractivity contribution in [1.82, 2.24) is 4.90 Å².